The summed E-state index contributed by atoms with van der Waals surface area (Å²) in [5.74, 6) is 0.567. The molecule has 1 unspecified atom stereocenters. The highest BCUT2D eigenvalue weighted by Crippen LogP contribution is 2.31. The summed E-state index contributed by atoms with van der Waals surface area (Å²) in [5, 5.41) is 1.72. The Hall–Kier alpha value is -3.18. The maximum absolute atomic E-state index is 13.3. The van der Waals surface area contributed by atoms with Gasteiger partial charge in [0.15, 0.2) is 11.6 Å². The molecule has 0 saturated carbocycles. The highest BCUT2D eigenvalue weighted by Gasteiger charge is 2.43. The Morgan fingerprint density at radius 3 is 2.41 bits per heavy atom. The van der Waals surface area contributed by atoms with Gasteiger partial charge < -0.3 is 20.7 Å². The van der Waals surface area contributed by atoms with E-state index in [2.05, 4.69) is 4.98 Å². The van der Waals surface area contributed by atoms with E-state index in [1.165, 1.54) is 13.3 Å². The zero-order valence-corrected chi connectivity index (χ0v) is 18.8. The molecule has 2 atom stereocenters. The minimum Gasteiger partial charge on any atom is -0.493 e. The first-order chi connectivity index (χ1) is 15.8. The van der Waals surface area contributed by atoms with E-state index in [1.54, 1.807) is 49.5 Å². The van der Waals surface area contributed by atoms with E-state index in [9.17, 15) is 31.1 Å². The molecule has 2 rings (SSSR count). The molecule has 0 bridgehead atoms. The number of hydrogen-bond donors (Lipinski definition) is 2. The summed E-state index contributed by atoms with van der Waals surface area (Å²) in [5.41, 5.74) is 7.70. The molecule has 6 nitrogen and oxygen atoms in total. The van der Waals surface area contributed by atoms with Crippen LogP contribution < -0.4 is 15.8 Å². The topological polar surface area (TPSA) is 80.5 Å². The van der Waals surface area contributed by atoms with Crippen LogP contribution in [0.15, 0.2) is 36.5 Å². The highest BCUT2D eigenvalue weighted by atomic mass is 19.4. The number of nitrogens with two attached hydrogens (primary N) is 1. The van der Waals surface area contributed by atoms with E-state index < -0.39 is 43.3 Å². The number of anilines is 1. The lowest BCUT2D eigenvalue weighted by molar-refractivity contribution is -0.171. The average Bonchev–Trinajstić information content (AvgIpc) is 2.76. The molecule has 2 aromatic rings. The summed E-state index contributed by atoms with van der Waals surface area (Å²) in [6, 6.07) is 4.17. The van der Waals surface area contributed by atoms with Crippen LogP contribution in [0, 0.1) is 0 Å². The number of nitrogens with one attached hydrogen (secondary N) is 1. The summed E-state index contributed by atoms with van der Waals surface area (Å²) in [4.78, 5) is 17.8. The number of hydrogen-bond acceptors (Lipinski definition) is 4. The fourth-order valence-corrected chi connectivity index (χ4v) is 3.39. The first-order valence-electron chi connectivity index (χ1n) is 10.4. The summed E-state index contributed by atoms with van der Waals surface area (Å²) in [7, 11) is 1.44. The normalized spacial score (nSPS) is 13.8. The molecular formula is C22H26F6N4O2. The van der Waals surface area contributed by atoms with Crippen LogP contribution in [0.25, 0.3) is 11.1 Å². The number of nitrogen functional groups attached to an aromatic ring is 1. The number of amides is 2. The maximum Gasteiger partial charge on any atom is 0.408 e. The van der Waals surface area contributed by atoms with Crippen LogP contribution in [-0.2, 0) is 0 Å². The molecule has 1 aromatic carbocycles. The van der Waals surface area contributed by atoms with Gasteiger partial charge in [-0.3, -0.25) is 0 Å². The Morgan fingerprint density at radius 2 is 1.85 bits per heavy atom. The van der Waals surface area contributed by atoms with E-state index in [-0.39, 0.29) is 12.4 Å². The Kier molecular flexibility index (Phi) is 8.62. The fraction of sp³-hybridized carbons (Fsp3) is 0.455. The number of rotatable bonds is 8. The Labute approximate surface area is 193 Å². The molecule has 1 heterocycles. The van der Waals surface area contributed by atoms with Gasteiger partial charge in [0, 0.05) is 24.7 Å². The number of halogens is 6. The zero-order valence-electron chi connectivity index (χ0n) is 18.8. The molecule has 1 aromatic heterocycles. The minimum absolute atomic E-state index is 0.0261. The molecule has 0 saturated heterocycles. The molecule has 0 fully saturated rings. The third-order valence-corrected chi connectivity index (χ3v) is 5.28. The molecular weight excluding hydrogens is 466 g/mol. The first-order valence-corrected chi connectivity index (χ1v) is 10.4. The lowest BCUT2D eigenvalue weighted by atomic mass is 10.00. The number of nitrogens with zero attached hydrogens (tertiary/aromatic N) is 2. The minimum atomic E-state index is -5.02. The summed E-state index contributed by atoms with van der Waals surface area (Å²) in [6.45, 7) is 3.20. The van der Waals surface area contributed by atoms with Crippen molar-refractivity contribution in [3.63, 3.8) is 0 Å². The highest BCUT2D eigenvalue weighted by molar-refractivity contribution is 5.75. The lowest BCUT2D eigenvalue weighted by Gasteiger charge is -2.31. The third-order valence-electron chi connectivity index (χ3n) is 5.28. The van der Waals surface area contributed by atoms with Gasteiger partial charge in [-0.2, -0.15) is 26.3 Å². The van der Waals surface area contributed by atoms with Crippen LogP contribution in [-0.4, -0.2) is 48.0 Å². The van der Waals surface area contributed by atoms with Crippen molar-refractivity contribution in [1.82, 2.24) is 15.2 Å². The van der Waals surface area contributed by atoms with Crippen molar-refractivity contribution < 1.29 is 35.9 Å². The van der Waals surface area contributed by atoms with E-state index in [0.29, 0.717) is 22.4 Å². The van der Waals surface area contributed by atoms with Crippen LogP contribution in [0.3, 0.4) is 0 Å². The summed E-state index contributed by atoms with van der Waals surface area (Å²) < 4.78 is 82.3. The number of carbonyl (C=O) groups excluding carboxylic acids is 1. The Bertz CT molecular complexity index is 981. The van der Waals surface area contributed by atoms with Crippen molar-refractivity contribution in [3.8, 4) is 16.9 Å². The van der Waals surface area contributed by atoms with Gasteiger partial charge in [-0.1, -0.05) is 18.2 Å². The number of ether oxygens (including phenoxy) is 1. The van der Waals surface area contributed by atoms with Gasteiger partial charge in [-0.15, -0.1) is 0 Å². The second-order valence-corrected chi connectivity index (χ2v) is 7.60. The maximum atomic E-state index is 13.3. The van der Waals surface area contributed by atoms with E-state index in [0.717, 1.165) is 4.90 Å². The zero-order chi connectivity index (χ0) is 25.7. The second-order valence-electron chi connectivity index (χ2n) is 7.60. The van der Waals surface area contributed by atoms with Gasteiger partial charge in [0.25, 0.3) is 0 Å². The molecule has 2 amide bonds. The quantitative estimate of drug-likeness (QED) is 0.463. The molecule has 0 spiro atoms. The van der Waals surface area contributed by atoms with E-state index in [4.69, 9.17) is 10.5 Å². The second kappa shape index (κ2) is 10.8. The van der Waals surface area contributed by atoms with Gasteiger partial charge in [-0.05, 0) is 43.5 Å². The fourth-order valence-electron chi connectivity index (χ4n) is 3.39. The predicted molar refractivity (Wildman–Crippen MR) is 115 cm³/mol. The number of benzene rings is 1. The van der Waals surface area contributed by atoms with Crippen molar-refractivity contribution in [3.05, 3.63) is 42.1 Å². The van der Waals surface area contributed by atoms with Crippen molar-refractivity contribution in [2.24, 2.45) is 0 Å². The molecule has 0 aliphatic rings. The van der Waals surface area contributed by atoms with Crippen molar-refractivity contribution >= 4 is 11.8 Å². The summed E-state index contributed by atoms with van der Waals surface area (Å²) in [6.07, 6.45) is -11.2. The molecule has 0 aliphatic carbocycles. The molecule has 34 heavy (non-hydrogen) atoms. The van der Waals surface area contributed by atoms with Gasteiger partial charge in [0.1, 0.15) is 6.04 Å². The Morgan fingerprint density at radius 1 is 1.18 bits per heavy atom. The number of alkyl halides is 6. The van der Waals surface area contributed by atoms with Crippen molar-refractivity contribution in [1.29, 1.82) is 0 Å². The molecule has 12 heteroatoms. The standard InChI is InChI=1S/C22H26F6N4O2/c1-4-32(20(33)31-18(22(26,27)28)8-9-21(23,24)25)13(2)14-6-5-7-15(10-14)16-11-17(34-3)19(29)30-12-16/h5-7,10-13,18H,4,8-9H2,1-3H3,(H2,29,30)(H,31,33)/t13-,18?/m1/s1. The monoisotopic (exact) mass is 492 g/mol. The predicted octanol–water partition coefficient (Wildman–Crippen LogP) is 5.71. The lowest BCUT2D eigenvalue weighted by Crippen LogP contribution is -2.51. The van der Waals surface area contributed by atoms with Crippen molar-refractivity contribution in [2.45, 2.75) is 51.1 Å². The SMILES string of the molecule is CCN(C(=O)NC(CCC(F)(F)F)C(F)(F)F)[C@H](C)c1cccc(-c2cnc(N)c(OC)c2)c1. The number of methoxy groups -OCH3 is 1. The largest absolute Gasteiger partial charge is 0.493 e. The van der Waals surface area contributed by atoms with Crippen LogP contribution in [0.1, 0.15) is 38.3 Å². The summed E-state index contributed by atoms with van der Waals surface area (Å²) >= 11 is 0. The van der Waals surface area contributed by atoms with Crippen LogP contribution in [0.5, 0.6) is 5.75 Å². The van der Waals surface area contributed by atoms with Gasteiger partial charge in [0.05, 0.1) is 13.2 Å². The number of urea groups is 1. The molecule has 188 valence electrons. The van der Waals surface area contributed by atoms with Crippen molar-refractivity contribution in [2.75, 3.05) is 19.4 Å². The van der Waals surface area contributed by atoms with E-state index >= 15 is 0 Å². The smallest absolute Gasteiger partial charge is 0.408 e. The van der Waals surface area contributed by atoms with Crippen LogP contribution >= 0.6 is 0 Å². The van der Waals surface area contributed by atoms with Gasteiger partial charge in [-0.25, -0.2) is 9.78 Å². The van der Waals surface area contributed by atoms with Crippen LogP contribution in [0.2, 0.25) is 0 Å². The molecule has 0 radical (unpaired) electrons. The van der Waals surface area contributed by atoms with E-state index in [1.807, 2.05) is 0 Å². The number of aromatic nitrogens is 1. The average molecular weight is 492 g/mol. The third kappa shape index (κ3) is 7.16. The van der Waals surface area contributed by atoms with Gasteiger partial charge >= 0.3 is 18.4 Å². The number of pyridine rings is 1. The molecule has 3 N–H and O–H groups in total. The first kappa shape index (κ1) is 27.1. The molecule has 0 aliphatic heterocycles. The van der Waals surface area contributed by atoms with Gasteiger partial charge in [0.2, 0.25) is 0 Å². The number of carbonyl (C=O) groups is 1. The Balaban J connectivity index is 2.25. The van der Waals surface area contributed by atoms with Crippen LogP contribution in [0.4, 0.5) is 37.0 Å².